The van der Waals surface area contributed by atoms with Crippen molar-refractivity contribution in [1.82, 2.24) is 42.1 Å². The van der Waals surface area contributed by atoms with E-state index in [1.165, 1.54) is 70.3 Å². The molecule has 6 amide bonds. The second kappa shape index (κ2) is 37.0. The Bertz CT molecular complexity index is 3380. The summed E-state index contributed by atoms with van der Waals surface area (Å²) in [6, 6.07) is 8.36. The summed E-state index contributed by atoms with van der Waals surface area (Å²) in [7, 11) is 1.33. The lowest BCUT2D eigenvalue weighted by atomic mass is 9.74. The summed E-state index contributed by atoms with van der Waals surface area (Å²) in [5.41, 5.74) is 12.7. The highest BCUT2D eigenvalue weighted by Gasteiger charge is 2.45. The highest BCUT2D eigenvalue weighted by atomic mass is 32.2. The molecule has 2 aliphatic heterocycles. The van der Waals surface area contributed by atoms with E-state index in [9.17, 15) is 48.6 Å². The number of carbonyl (C=O) groups excluding carboxylic acids is 8. The normalized spacial score (nSPS) is 20.0. The molecule has 5 aliphatic rings. The number of primary amides is 1. The molecule has 6 atom stereocenters. The average Bonchev–Trinajstić information content (AvgIpc) is 0.718. The summed E-state index contributed by atoms with van der Waals surface area (Å²) in [5, 5.41) is 35.4. The Balaban J connectivity index is 0.646. The van der Waals surface area contributed by atoms with Crippen LogP contribution in [-0.2, 0) is 79.8 Å². The fraction of sp³-hybridized carbons (Fsp3) is 0.576. The quantitative estimate of drug-likeness (QED) is 0.0164. The van der Waals surface area contributed by atoms with Crippen LogP contribution in [0.15, 0.2) is 36.4 Å². The number of thioether (sulfide) groups is 2. The number of nitrogens with two attached hydrogens (primary N) is 1. The van der Waals surface area contributed by atoms with E-state index in [0.29, 0.717) is 68.7 Å². The molecule has 96 heavy (non-hydrogen) atoms. The van der Waals surface area contributed by atoms with Crippen LogP contribution in [-0.4, -0.2) is 203 Å². The number of rotatable bonds is 33. The summed E-state index contributed by atoms with van der Waals surface area (Å²) in [6.45, 7) is 2.99. The van der Waals surface area contributed by atoms with Gasteiger partial charge >= 0.3 is 0 Å². The van der Waals surface area contributed by atoms with Gasteiger partial charge in [-0.15, -0.1) is 0 Å². The molecule has 1 unspecified atom stereocenters. The van der Waals surface area contributed by atoms with E-state index >= 15 is 0 Å². The minimum Gasteiger partial charge on any atom is -0.507 e. The molecular weight excluding hydrogens is 1290 g/mol. The van der Waals surface area contributed by atoms with Gasteiger partial charge in [-0.1, -0.05) is 44.2 Å². The molecule has 0 spiro atoms. The number of ether oxygens (including phenoxy) is 9. The lowest BCUT2D eigenvalue weighted by Crippen LogP contribution is -2.53. The molecule has 3 fully saturated rings. The third-order valence-corrected chi connectivity index (χ3v) is 18.9. The summed E-state index contributed by atoms with van der Waals surface area (Å²) in [5.74, 6) is -6.64. The van der Waals surface area contributed by atoms with E-state index in [1.54, 1.807) is 23.9 Å². The molecule has 522 valence electrons. The average molecular weight is 1370 g/mol. The van der Waals surface area contributed by atoms with E-state index in [2.05, 4.69) is 38.4 Å². The molecule has 9 rings (SSSR count). The number of methoxy groups -OCH3 is 1. The lowest BCUT2D eigenvalue weighted by Gasteiger charge is -2.38. The summed E-state index contributed by atoms with van der Waals surface area (Å²) >= 11 is 3.71. The van der Waals surface area contributed by atoms with Crippen molar-refractivity contribution in [2.45, 2.75) is 131 Å². The SMILES string of the molecule is COc1cccc2c1C(=O)c1c(O)c3c(c(O)c1C2=O)CC(C(=O)NNC(=O)CNC(=O)[C@H](CC(N)=O)NC(=O)CCOCCOCCOCCOCCNC(=O)c1ccc2nc(CSC4CCCCCCC4)c(CSC)nc2c1)C[C@@H]3O[C@H]1CC[C@H](O[C@@H]2COCCN2)CO1. The fourth-order valence-electron chi connectivity index (χ4n) is 12.1. The van der Waals surface area contributed by atoms with E-state index in [-0.39, 0.29) is 112 Å². The molecule has 1 aromatic heterocycles. The number of hydrazine groups is 1. The van der Waals surface area contributed by atoms with Crippen LogP contribution in [0.3, 0.4) is 0 Å². The van der Waals surface area contributed by atoms with Gasteiger partial charge in [0.25, 0.3) is 11.8 Å². The van der Waals surface area contributed by atoms with Crippen molar-refractivity contribution >= 4 is 81.6 Å². The minimum atomic E-state index is -1.47. The van der Waals surface area contributed by atoms with Crippen molar-refractivity contribution in [1.29, 1.82) is 0 Å². The molecule has 0 bridgehead atoms. The van der Waals surface area contributed by atoms with Gasteiger partial charge in [0.15, 0.2) is 12.1 Å². The number of carbonyl (C=O) groups is 8. The van der Waals surface area contributed by atoms with Crippen LogP contribution in [0.4, 0.5) is 0 Å². The summed E-state index contributed by atoms with van der Waals surface area (Å²) < 4.78 is 51.7. The number of fused-ring (bicyclic) bond motifs is 4. The van der Waals surface area contributed by atoms with E-state index in [4.69, 9.17) is 58.3 Å². The Morgan fingerprint density at radius 3 is 2.17 bits per heavy atom. The van der Waals surface area contributed by atoms with Gasteiger partial charge in [-0.2, -0.15) is 23.5 Å². The second-order valence-electron chi connectivity index (χ2n) is 23.8. The molecule has 3 aliphatic carbocycles. The number of benzene rings is 3. The Labute approximate surface area is 564 Å². The van der Waals surface area contributed by atoms with Crippen molar-refractivity contribution in [3.63, 3.8) is 0 Å². The number of aromatic hydroxyl groups is 2. The smallest absolute Gasteiger partial charge is 0.257 e. The number of phenols is 2. The van der Waals surface area contributed by atoms with Crippen LogP contribution in [0.2, 0.25) is 0 Å². The third kappa shape index (κ3) is 20.3. The maximum Gasteiger partial charge on any atom is 0.257 e. The highest BCUT2D eigenvalue weighted by Crippen LogP contribution is 2.52. The number of nitrogens with zero attached hydrogens (tertiary/aromatic N) is 2. The second-order valence-corrected chi connectivity index (χ2v) is 25.9. The number of hydrogen-bond acceptors (Lipinski definition) is 24. The Hall–Kier alpha value is -7.10. The van der Waals surface area contributed by atoms with E-state index < -0.39 is 101 Å². The third-order valence-electron chi connectivity index (χ3n) is 17.0. The van der Waals surface area contributed by atoms with Crippen molar-refractivity contribution in [2.24, 2.45) is 11.7 Å². The summed E-state index contributed by atoms with van der Waals surface area (Å²) in [4.78, 5) is 116. The van der Waals surface area contributed by atoms with Crippen molar-refractivity contribution < 1.29 is 91.2 Å². The molecule has 1 saturated carbocycles. The number of ketones is 2. The highest BCUT2D eigenvalue weighted by molar-refractivity contribution is 7.99. The molecule has 30 heteroatoms. The first-order valence-electron chi connectivity index (χ1n) is 32.6. The van der Waals surface area contributed by atoms with Crippen LogP contribution in [0.5, 0.6) is 17.2 Å². The van der Waals surface area contributed by atoms with E-state index in [1.807, 2.05) is 17.8 Å². The van der Waals surface area contributed by atoms with Gasteiger partial charge < -0.3 is 74.5 Å². The molecular formula is C66H87N9O19S2. The van der Waals surface area contributed by atoms with Gasteiger partial charge in [-0.3, -0.25) is 54.5 Å². The van der Waals surface area contributed by atoms with Crippen LogP contribution in [0, 0.1) is 5.92 Å². The predicted octanol–water partition coefficient (Wildman–Crippen LogP) is 3.63. The topological polar surface area (TPSA) is 384 Å². The number of morpholine rings is 1. The zero-order valence-electron chi connectivity index (χ0n) is 54.1. The minimum absolute atomic E-state index is 0.0236. The van der Waals surface area contributed by atoms with Gasteiger partial charge in [0, 0.05) is 70.9 Å². The van der Waals surface area contributed by atoms with Gasteiger partial charge in [0.05, 0.1) is 144 Å². The zero-order chi connectivity index (χ0) is 67.9. The molecule has 3 aromatic carbocycles. The van der Waals surface area contributed by atoms with Crippen LogP contribution in [0.1, 0.15) is 148 Å². The van der Waals surface area contributed by atoms with Gasteiger partial charge in [0.2, 0.25) is 29.4 Å². The number of hydrogen-bond donors (Lipinski definition) is 9. The molecule has 10 N–H and O–H groups in total. The van der Waals surface area contributed by atoms with Crippen LogP contribution >= 0.6 is 23.5 Å². The monoisotopic (exact) mass is 1370 g/mol. The van der Waals surface area contributed by atoms with Crippen molar-refractivity contribution in [3.05, 3.63) is 86.7 Å². The number of phenolic OH excluding ortho intramolecular Hbond substituents is 2. The Morgan fingerprint density at radius 2 is 1.47 bits per heavy atom. The predicted molar refractivity (Wildman–Crippen MR) is 351 cm³/mol. The van der Waals surface area contributed by atoms with Gasteiger partial charge in [0.1, 0.15) is 29.5 Å². The zero-order valence-corrected chi connectivity index (χ0v) is 55.8. The largest absolute Gasteiger partial charge is 0.507 e. The number of nitrogens with one attached hydrogen (secondary N) is 6. The fourth-order valence-corrected chi connectivity index (χ4v) is 13.9. The van der Waals surface area contributed by atoms with Gasteiger partial charge in [-0.25, -0.2) is 9.97 Å². The Morgan fingerprint density at radius 1 is 0.760 bits per heavy atom. The van der Waals surface area contributed by atoms with Crippen LogP contribution in [0.25, 0.3) is 11.0 Å². The first-order chi connectivity index (χ1) is 46.6. The lowest BCUT2D eigenvalue weighted by molar-refractivity contribution is -0.229. The van der Waals surface area contributed by atoms with Crippen LogP contribution < -0.4 is 42.6 Å². The Kier molecular flexibility index (Phi) is 28.2. The van der Waals surface area contributed by atoms with Crippen molar-refractivity contribution in [3.8, 4) is 17.2 Å². The first kappa shape index (κ1) is 73.2. The molecule has 3 heterocycles. The maximum atomic E-state index is 14.2. The molecule has 4 aromatic rings. The van der Waals surface area contributed by atoms with Gasteiger partial charge in [-0.05, 0) is 62.6 Å². The van der Waals surface area contributed by atoms with Crippen molar-refractivity contribution in [2.75, 3.05) is 106 Å². The molecule has 28 nitrogen and oxygen atoms in total. The van der Waals surface area contributed by atoms with E-state index in [0.717, 1.165) is 28.4 Å². The number of amides is 6. The standard InChI is InChI=1S/C66H87N9O19S2/c1-86-49-12-8-11-42-56(49)62(81)59-58(60(42)79)61(80)43-29-39(31-50(57(43)63(59)82)94-55-16-14-40(34-92-55)93-54-35-91-22-18-68-54)65(84)75-74-53(78)33-70-66(85)46(32-51(67)76)73-52(77)17-20-87-23-25-89-27-28-90-26-24-88-21-19-69-64(83)38-13-15-44-45(30-38)72-47(36-95-2)48(71-44)37-96-41-9-6-4-3-5-7-10-41/h8,11-13,15,30,39-41,46,50,54-55,68,80,82H,3-7,9-10,14,16-29,31-37H2,1-2H3,(H2,67,76)(H,69,83)(H,70,85)(H,73,77)(H,74,78)(H,75,84)/t39?,40-,46-,50-,54+,55-/m0/s1. The molecule has 0 radical (unpaired) electrons. The first-order valence-corrected chi connectivity index (χ1v) is 35.1. The molecule has 2 saturated heterocycles. The number of aromatic nitrogens is 2. The maximum absolute atomic E-state index is 14.2. The summed E-state index contributed by atoms with van der Waals surface area (Å²) in [6.07, 6.45) is 7.98.